The highest BCUT2D eigenvalue weighted by atomic mass is 79.9. The molecule has 0 saturated heterocycles. The summed E-state index contributed by atoms with van der Waals surface area (Å²) < 4.78 is 6.43. The number of hydrogen-bond acceptors (Lipinski definition) is 4. The third kappa shape index (κ3) is 7.68. The van der Waals surface area contributed by atoms with Crippen molar-refractivity contribution in [2.24, 2.45) is 0 Å². The number of rotatable bonds is 10. The number of hydrazine groups is 1. The standard InChI is InChI=1S/C28H30BrN3O4/c1-3-4-5-8-17-36-25-16-13-21(18-24(25)29)27(34)32-31-26(33)20-11-14-22(15-12-20)30-28(35)23-10-7-6-9-19(23)2/h6-7,9-16,18H,3-5,8,17H2,1-2H3,(H,30,35)(H,31,33)(H,32,34). The van der Waals surface area contributed by atoms with Gasteiger partial charge in [-0.2, -0.15) is 0 Å². The lowest BCUT2D eigenvalue weighted by atomic mass is 10.1. The van der Waals surface area contributed by atoms with Gasteiger partial charge in [-0.25, -0.2) is 0 Å². The summed E-state index contributed by atoms with van der Waals surface area (Å²) in [5.41, 5.74) is 7.54. The van der Waals surface area contributed by atoms with Crippen LogP contribution in [0.15, 0.2) is 71.2 Å². The van der Waals surface area contributed by atoms with E-state index in [4.69, 9.17) is 4.74 Å². The van der Waals surface area contributed by atoms with E-state index in [9.17, 15) is 14.4 Å². The second-order valence-corrected chi connectivity index (χ2v) is 9.16. The van der Waals surface area contributed by atoms with Crippen LogP contribution in [0.25, 0.3) is 0 Å². The largest absolute Gasteiger partial charge is 0.492 e. The molecular formula is C28H30BrN3O4. The van der Waals surface area contributed by atoms with Gasteiger partial charge in [-0.15, -0.1) is 0 Å². The van der Waals surface area contributed by atoms with Crippen molar-refractivity contribution >= 4 is 39.3 Å². The first kappa shape index (κ1) is 26.9. The molecule has 3 aromatic carbocycles. The quantitative estimate of drug-likeness (QED) is 0.211. The summed E-state index contributed by atoms with van der Waals surface area (Å²) in [5, 5.41) is 2.81. The molecule has 0 radical (unpaired) electrons. The van der Waals surface area contributed by atoms with Crippen LogP contribution in [0, 0.1) is 6.92 Å². The Bertz CT molecular complexity index is 1210. The lowest BCUT2D eigenvalue weighted by Crippen LogP contribution is -2.41. The average molecular weight is 552 g/mol. The summed E-state index contributed by atoms with van der Waals surface area (Å²) in [7, 11) is 0. The fourth-order valence-corrected chi connectivity index (χ4v) is 3.95. The molecule has 0 saturated carbocycles. The smallest absolute Gasteiger partial charge is 0.269 e. The van der Waals surface area contributed by atoms with Gasteiger partial charge in [-0.1, -0.05) is 44.4 Å². The summed E-state index contributed by atoms with van der Waals surface area (Å²) in [6, 6.07) is 18.7. The van der Waals surface area contributed by atoms with E-state index in [1.165, 1.54) is 12.8 Å². The average Bonchev–Trinajstić information content (AvgIpc) is 2.88. The predicted octanol–water partition coefficient (Wildman–Crippen LogP) is 6.04. The van der Waals surface area contributed by atoms with Gasteiger partial charge in [-0.05, 0) is 83.4 Å². The number of carbonyl (C=O) groups is 3. The van der Waals surface area contributed by atoms with Crippen LogP contribution < -0.4 is 20.9 Å². The van der Waals surface area contributed by atoms with Crippen molar-refractivity contribution in [1.82, 2.24) is 10.9 Å². The second-order valence-electron chi connectivity index (χ2n) is 8.31. The van der Waals surface area contributed by atoms with Crippen molar-refractivity contribution in [3.63, 3.8) is 0 Å². The number of ether oxygens (including phenoxy) is 1. The van der Waals surface area contributed by atoms with Crippen molar-refractivity contribution in [2.45, 2.75) is 39.5 Å². The molecule has 7 nitrogen and oxygen atoms in total. The number of unbranched alkanes of at least 4 members (excludes halogenated alkanes) is 3. The molecule has 0 heterocycles. The Kier molecular flexibility index (Phi) is 10.1. The molecule has 0 fully saturated rings. The molecule has 3 rings (SSSR count). The topological polar surface area (TPSA) is 96.5 Å². The number of carbonyl (C=O) groups excluding carboxylic acids is 3. The molecule has 3 amide bonds. The summed E-state index contributed by atoms with van der Waals surface area (Å²) in [6.07, 6.45) is 4.46. The van der Waals surface area contributed by atoms with Crippen molar-refractivity contribution < 1.29 is 19.1 Å². The van der Waals surface area contributed by atoms with Gasteiger partial charge in [0, 0.05) is 22.4 Å². The van der Waals surface area contributed by atoms with E-state index >= 15 is 0 Å². The zero-order valence-corrected chi connectivity index (χ0v) is 22.0. The first-order valence-electron chi connectivity index (χ1n) is 11.9. The van der Waals surface area contributed by atoms with E-state index in [2.05, 4.69) is 39.0 Å². The maximum absolute atomic E-state index is 12.5. The SMILES string of the molecule is CCCCCCOc1ccc(C(=O)NNC(=O)c2ccc(NC(=O)c3ccccc3C)cc2)cc1Br. The Morgan fingerprint density at radius 2 is 1.47 bits per heavy atom. The predicted molar refractivity (Wildman–Crippen MR) is 144 cm³/mol. The number of benzene rings is 3. The van der Waals surface area contributed by atoms with Crippen LogP contribution in [-0.4, -0.2) is 24.3 Å². The first-order valence-corrected chi connectivity index (χ1v) is 12.7. The molecule has 36 heavy (non-hydrogen) atoms. The third-order valence-corrected chi connectivity index (χ3v) is 6.15. The molecular weight excluding hydrogens is 522 g/mol. The van der Waals surface area contributed by atoms with Gasteiger partial charge in [0.1, 0.15) is 5.75 Å². The number of anilines is 1. The number of amides is 3. The van der Waals surface area contributed by atoms with Crippen LogP contribution in [0.5, 0.6) is 5.75 Å². The minimum atomic E-state index is -0.480. The highest BCUT2D eigenvalue weighted by molar-refractivity contribution is 9.10. The molecule has 0 aliphatic carbocycles. The molecule has 0 bridgehead atoms. The number of halogens is 1. The zero-order chi connectivity index (χ0) is 25.9. The summed E-state index contributed by atoms with van der Waals surface area (Å²) in [6.45, 7) is 4.65. The van der Waals surface area contributed by atoms with E-state index in [0.29, 0.717) is 39.2 Å². The van der Waals surface area contributed by atoms with Crippen molar-refractivity contribution in [3.05, 3.63) is 93.5 Å². The summed E-state index contributed by atoms with van der Waals surface area (Å²) in [5.74, 6) is -0.495. The monoisotopic (exact) mass is 551 g/mol. The number of aryl methyl sites for hydroxylation is 1. The molecule has 3 N–H and O–H groups in total. The molecule has 188 valence electrons. The third-order valence-electron chi connectivity index (χ3n) is 5.53. The van der Waals surface area contributed by atoms with Gasteiger partial charge in [0.2, 0.25) is 0 Å². The Hall–Kier alpha value is -3.65. The van der Waals surface area contributed by atoms with Crippen LogP contribution in [0.4, 0.5) is 5.69 Å². The Labute approximate surface area is 219 Å². The minimum Gasteiger partial charge on any atom is -0.492 e. The van der Waals surface area contributed by atoms with Crippen LogP contribution in [0.1, 0.15) is 69.2 Å². The van der Waals surface area contributed by atoms with Crippen molar-refractivity contribution in [2.75, 3.05) is 11.9 Å². The Balaban J connectivity index is 1.50. The maximum atomic E-state index is 12.5. The second kappa shape index (κ2) is 13.4. The summed E-state index contributed by atoms with van der Waals surface area (Å²) in [4.78, 5) is 37.4. The lowest BCUT2D eigenvalue weighted by molar-refractivity contribution is 0.0846. The van der Waals surface area contributed by atoms with E-state index in [1.54, 1.807) is 54.6 Å². The molecule has 0 spiro atoms. The molecule has 8 heteroatoms. The van der Waals surface area contributed by atoms with E-state index in [-0.39, 0.29) is 5.91 Å². The minimum absolute atomic E-state index is 0.225. The normalized spacial score (nSPS) is 10.4. The zero-order valence-electron chi connectivity index (χ0n) is 20.4. The molecule has 0 atom stereocenters. The van der Waals surface area contributed by atoms with Gasteiger partial charge in [0.15, 0.2) is 0 Å². The number of nitrogens with one attached hydrogen (secondary N) is 3. The van der Waals surface area contributed by atoms with E-state index < -0.39 is 11.8 Å². The Morgan fingerprint density at radius 1 is 0.806 bits per heavy atom. The van der Waals surface area contributed by atoms with Crippen LogP contribution in [0.3, 0.4) is 0 Å². The molecule has 0 aromatic heterocycles. The van der Waals surface area contributed by atoms with E-state index in [0.717, 1.165) is 18.4 Å². The summed E-state index contributed by atoms with van der Waals surface area (Å²) >= 11 is 3.44. The molecule has 0 aliphatic heterocycles. The molecule has 0 aliphatic rings. The van der Waals surface area contributed by atoms with Crippen LogP contribution in [0.2, 0.25) is 0 Å². The van der Waals surface area contributed by atoms with Crippen LogP contribution >= 0.6 is 15.9 Å². The van der Waals surface area contributed by atoms with Gasteiger partial charge >= 0.3 is 0 Å². The maximum Gasteiger partial charge on any atom is 0.269 e. The van der Waals surface area contributed by atoms with Gasteiger partial charge in [0.25, 0.3) is 17.7 Å². The highest BCUT2D eigenvalue weighted by Gasteiger charge is 2.13. The van der Waals surface area contributed by atoms with E-state index in [1.807, 2.05) is 19.1 Å². The van der Waals surface area contributed by atoms with Gasteiger partial charge in [-0.3, -0.25) is 25.2 Å². The van der Waals surface area contributed by atoms with Gasteiger partial charge in [0.05, 0.1) is 11.1 Å². The lowest BCUT2D eigenvalue weighted by Gasteiger charge is -2.11. The fraction of sp³-hybridized carbons (Fsp3) is 0.250. The van der Waals surface area contributed by atoms with Crippen molar-refractivity contribution in [3.8, 4) is 5.75 Å². The first-order chi connectivity index (χ1) is 17.4. The fourth-order valence-electron chi connectivity index (χ4n) is 3.46. The number of hydrogen-bond donors (Lipinski definition) is 3. The van der Waals surface area contributed by atoms with Gasteiger partial charge < -0.3 is 10.1 Å². The Morgan fingerprint density at radius 3 is 2.14 bits per heavy atom. The van der Waals surface area contributed by atoms with Crippen LogP contribution in [-0.2, 0) is 0 Å². The van der Waals surface area contributed by atoms with Crippen molar-refractivity contribution in [1.29, 1.82) is 0 Å². The highest BCUT2D eigenvalue weighted by Crippen LogP contribution is 2.26. The molecule has 3 aromatic rings. The molecule has 0 unspecified atom stereocenters.